The molecule has 7 nitrogen and oxygen atoms in total. The second kappa shape index (κ2) is 6.35. The number of hydrogen-bond acceptors (Lipinski definition) is 4. The molecule has 0 aliphatic carbocycles. The van der Waals surface area contributed by atoms with E-state index < -0.39 is 10.8 Å². The summed E-state index contributed by atoms with van der Waals surface area (Å²) >= 11 is 0. The second-order valence-electron chi connectivity index (χ2n) is 6.14. The smallest absolute Gasteiger partial charge is 0.271 e. The van der Waals surface area contributed by atoms with Gasteiger partial charge in [-0.1, -0.05) is 19.9 Å². The minimum absolute atomic E-state index is 0.0117. The first-order chi connectivity index (χ1) is 11.9. The van der Waals surface area contributed by atoms with Crippen molar-refractivity contribution in [2.24, 2.45) is 5.73 Å². The number of benzene rings is 1. The van der Waals surface area contributed by atoms with Crippen LogP contribution in [0.2, 0.25) is 0 Å². The summed E-state index contributed by atoms with van der Waals surface area (Å²) in [7, 11) is 0. The van der Waals surface area contributed by atoms with Gasteiger partial charge in [-0.15, -0.1) is 0 Å². The summed E-state index contributed by atoms with van der Waals surface area (Å²) in [6.07, 6.45) is 1.69. The maximum atomic E-state index is 12.1. The quantitative estimate of drug-likeness (QED) is 0.569. The van der Waals surface area contributed by atoms with Crippen LogP contribution in [-0.4, -0.2) is 20.4 Å². The van der Waals surface area contributed by atoms with E-state index in [9.17, 15) is 14.9 Å². The third-order valence-electron chi connectivity index (χ3n) is 4.14. The van der Waals surface area contributed by atoms with Gasteiger partial charge in [0.2, 0.25) is 0 Å². The lowest BCUT2D eigenvalue weighted by Gasteiger charge is -2.14. The third kappa shape index (κ3) is 2.96. The van der Waals surface area contributed by atoms with E-state index in [0.29, 0.717) is 23.0 Å². The van der Waals surface area contributed by atoms with Crippen molar-refractivity contribution in [1.82, 2.24) is 9.55 Å². The number of carbonyl (C=O) groups is 1. The largest absolute Gasteiger partial charge is 0.366 e. The minimum Gasteiger partial charge on any atom is -0.366 e. The molecular weight excluding hydrogens is 320 g/mol. The van der Waals surface area contributed by atoms with Crippen LogP contribution >= 0.6 is 0 Å². The summed E-state index contributed by atoms with van der Waals surface area (Å²) < 4.78 is 1.90. The number of hydrogen-bond donors (Lipinski definition) is 1. The van der Waals surface area contributed by atoms with Gasteiger partial charge in [0.15, 0.2) is 0 Å². The Bertz CT molecular complexity index is 961. The standard InChI is InChI=1S/C18H18N4O3/c1-11(2)17-16(18(19)23)14-7-6-13(22(24)25)9-15(14)21(17)10-12-5-3-4-8-20-12/h3-9,11H,10H2,1-2H3,(H2,19,23). The van der Waals surface area contributed by atoms with Crippen LogP contribution in [0.4, 0.5) is 5.69 Å². The van der Waals surface area contributed by atoms with Crippen molar-refractivity contribution in [3.63, 3.8) is 0 Å². The highest BCUT2D eigenvalue weighted by atomic mass is 16.6. The van der Waals surface area contributed by atoms with Gasteiger partial charge in [-0.25, -0.2) is 0 Å². The van der Waals surface area contributed by atoms with Crippen LogP contribution in [0.1, 0.15) is 41.5 Å². The Labute approximate surface area is 144 Å². The van der Waals surface area contributed by atoms with Gasteiger partial charge in [0.25, 0.3) is 11.6 Å². The van der Waals surface area contributed by atoms with E-state index >= 15 is 0 Å². The number of primary amides is 1. The predicted octanol–water partition coefficient (Wildman–Crippen LogP) is 3.22. The number of nitrogens with two attached hydrogens (primary N) is 1. The summed E-state index contributed by atoms with van der Waals surface area (Å²) in [6, 6.07) is 10.0. The number of fused-ring (bicyclic) bond motifs is 1. The Morgan fingerprint density at radius 2 is 2.08 bits per heavy atom. The molecule has 0 radical (unpaired) electrons. The number of rotatable bonds is 5. The molecule has 2 heterocycles. The average molecular weight is 338 g/mol. The molecule has 0 spiro atoms. The molecule has 0 aliphatic rings. The highest BCUT2D eigenvalue weighted by molar-refractivity contribution is 6.08. The maximum Gasteiger partial charge on any atom is 0.271 e. The molecule has 25 heavy (non-hydrogen) atoms. The molecule has 0 saturated heterocycles. The van der Waals surface area contributed by atoms with Crippen LogP contribution in [0.3, 0.4) is 0 Å². The molecule has 1 amide bonds. The number of non-ortho nitro benzene ring substituents is 1. The third-order valence-corrected chi connectivity index (χ3v) is 4.14. The van der Waals surface area contributed by atoms with Crippen LogP contribution in [-0.2, 0) is 6.54 Å². The van der Waals surface area contributed by atoms with Gasteiger partial charge >= 0.3 is 0 Å². The highest BCUT2D eigenvalue weighted by Crippen LogP contribution is 2.33. The van der Waals surface area contributed by atoms with Gasteiger partial charge < -0.3 is 10.3 Å². The Hall–Kier alpha value is -3.22. The predicted molar refractivity (Wildman–Crippen MR) is 94.5 cm³/mol. The lowest BCUT2D eigenvalue weighted by molar-refractivity contribution is -0.384. The molecule has 0 saturated carbocycles. The van der Waals surface area contributed by atoms with Gasteiger partial charge in [0.05, 0.1) is 28.2 Å². The van der Waals surface area contributed by atoms with Crippen LogP contribution in [0, 0.1) is 10.1 Å². The fraction of sp³-hybridized carbons (Fsp3) is 0.222. The molecule has 128 valence electrons. The number of nitro groups is 1. The molecule has 0 fully saturated rings. The summed E-state index contributed by atoms with van der Waals surface area (Å²) in [6.45, 7) is 4.33. The lowest BCUT2D eigenvalue weighted by Crippen LogP contribution is -2.16. The Balaban J connectivity index is 2.33. The van der Waals surface area contributed by atoms with Crippen LogP contribution in [0.15, 0.2) is 42.6 Å². The first-order valence-electron chi connectivity index (χ1n) is 7.90. The number of pyridine rings is 1. The first-order valence-corrected chi connectivity index (χ1v) is 7.90. The van der Waals surface area contributed by atoms with Crippen molar-refractivity contribution in [3.05, 3.63) is 69.7 Å². The zero-order valence-electron chi connectivity index (χ0n) is 14.0. The molecule has 0 bridgehead atoms. The van der Waals surface area contributed by atoms with Crippen LogP contribution in [0.25, 0.3) is 10.9 Å². The van der Waals surface area contributed by atoms with E-state index in [1.54, 1.807) is 12.3 Å². The van der Waals surface area contributed by atoms with Gasteiger partial charge in [-0.05, 0) is 24.1 Å². The average Bonchev–Trinajstić information content (AvgIpc) is 2.90. The van der Waals surface area contributed by atoms with E-state index in [-0.39, 0.29) is 11.6 Å². The molecule has 1 aromatic carbocycles. The monoisotopic (exact) mass is 338 g/mol. The van der Waals surface area contributed by atoms with E-state index in [4.69, 9.17) is 5.73 Å². The molecule has 0 aliphatic heterocycles. The number of carbonyl (C=O) groups excluding carboxylic acids is 1. The highest BCUT2D eigenvalue weighted by Gasteiger charge is 2.24. The van der Waals surface area contributed by atoms with Gasteiger partial charge in [0.1, 0.15) is 0 Å². The fourth-order valence-electron chi connectivity index (χ4n) is 3.15. The molecule has 7 heteroatoms. The number of nitrogens with zero attached hydrogens (tertiary/aromatic N) is 3. The van der Waals surface area contributed by atoms with Crippen LogP contribution < -0.4 is 5.73 Å². The topological polar surface area (TPSA) is 104 Å². The van der Waals surface area contributed by atoms with E-state index in [2.05, 4.69) is 4.98 Å². The van der Waals surface area contributed by atoms with E-state index in [1.807, 2.05) is 36.6 Å². The van der Waals surface area contributed by atoms with Crippen molar-refractivity contribution in [2.75, 3.05) is 0 Å². The second-order valence-corrected chi connectivity index (χ2v) is 6.14. The minimum atomic E-state index is -0.540. The normalized spacial score (nSPS) is 11.2. The van der Waals surface area contributed by atoms with Crippen molar-refractivity contribution in [1.29, 1.82) is 0 Å². The summed E-state index contributed by atoms with van der Waals surface area (Å²) in [5.74, 6) is -0.528. The molecule has 3 rings (SSSR count). The van der Waals surface area contributed by atoms with Gasteiger partial charge in [0, 0.05) is 29.4 Å². The van der Waals surface area contributed by atoms with Gasteiger partial charge in [-0.3, -0.25) is 19.9 Å². The van der Waals surface area contributed by atoms with Crippen LogP contribution in [0.5, 0.6) is 0 Å². The molecule has 2 N–H and O–H groups in total. The lowest BCUT2D eigenvalue weighted by atomic mass is 10.0. The summed E-state index contributed by atoms with van der Waals surface area (Å²) in [5, 5.41) is 11.8. The molecular formula is C18H18N4O3. The SMILES string of the molecule is CC(C)c1c(C(N)=O)c2ccc([N+](=O)[O-])cc2n1Cc1ccccn1. The van der Waals surface area contributed by atoms with Crippen molar-refractivity contribution in [2.45, 2.75) is 26.3 Å². The zero-order chi connectivity index (χ0) is 18.1. The summed E-state index contributed by atoms with van der Waals surface area (Å²) in [5.41, 5.74) is 8.17. The van der Waals surface area contributed by atoms with Crippen molar-refractivity contribution in [3.8, 4) is 0 Å². The van der Waals surface area contributed by atoms with E-state index in [0.717, 1.165) is 11.4 Å². The molecule has 3 aromatic rings. The number of aromatic nitrogens is 2. The van der Waals surface area contributed by atoms with E-state index in [1.165, 1.54) is 12.1 Å². The molecule has 0 atom stereocenters. The zero-order valence-corrected chi connectivity index (χ0v) is 14.0. The molecule has 2 aromatic heterocycles. The Morgan fingerprint density at radius 3 is 2.64 bits per heavy atom. The molecule has 0 unspecified atom stereocenters. The number of nitro benzene ring substituents is 1. The summed E-state index contributed by atoms with van der Waals surface area (Å²) in [4.78, 5) is 27.1. The fourth-order valence-corrected chi connectivity index (χ4v) is 3.15. The van der Waals surface area contributed by atoms with Crippen molar-refractivity contribution < 1.29 is 9.72 Å². The Kier molecular flexibility index (Phi) is 4.22. The first kappa shape index (κ1) is 16.6. The Morgan fingerprint density at radius 1 is 1.32 bits per heavy atom. The van der Waals surface area contributed by atoms with Crippen molar-refractivity contribution >= 4 is 22.5 Å². The van der Waals surface area contributed by atoms with Gasteiger partial charge in [-0.2, -0.15) is 0 Å². The maximum absolute atomic E-state index is 12.1. The number of amides is 1.